The Morgan fingerprint density at radius 1 is 1.12 bits per heavy atom. The second-order valence-electron chi connectivity index (χ2n) is 7.11. The zero-order valence-corrected chi connectivity index (χ0v) is 16.5. The molecule has 0 aliphatic carbocycles. The number of nitrogens with zero attached hydrogens (tertiary/aromatic N) is 1. The van der Waals surface area contributed by atoms with Crippen LogP contribution in [0.25, 0.3) is 0 Å². The largest absolute Gasteiger partial charge is 0.494 e. The summed E-state index contributed by atoms with van der Waals surface area (Å²) in [5.41, 5.74) is 4.52. The second kappa shape index (κ2) is 9.27. The van der Waals surface area contributed by atoms with E-state index in [2.05, 4.69) is 38.2 Å². The number of benzene rings is 2. The van der Waals surface area contributed by atoms with Crippen LogP contribution >= 0.6 is 0 Å². The third kappa shape index (κ3) is 5.80. The molecule has 1 amide bonds. The Hall–Kier alpha value is -2.49. The molecule has 26 heavy (non-hydrogen) atoms. The van der Waals surface area contributed by atoms with Crippen molar-refractivity contribution in [1.29, 1.82) is 0 Å². The first-order valence-electron chi connectivity index (χ1n) is 9.17. The number of carbonyl (C=O) groups excluding carboxylic acids is 1. The van der Waals surface area contributed by atoms with E-state index < -0.39 is 0 Å². The van der Waals surface area contributed by atoms with Gasteiger partial charge in [0.15, 0.2) is 0 Å². The third-order valence-electron chi connectivity index (χ3n) is 4.35. The number of ether oxygens (including phenoxy) is 1. The molecular weight excluding hydrogens is 324 g/mol. The van der Waals surface area contributed by atoms with Crippen molar-refractivity contribution >= 4 is 17.3 Å². The van der Waals surface area contributed by atoms with E-state index in [0.29, 0.717) is 25.4 Å². The van der Waals surface area contributed by atoms with Crippen LogP contribution in [0.1, 0.15) is 43.7 Å². The van der Waals surface area contributed by atoms with Crippen molar-refractivity contribution < 1.29 is 9.53 Å². The summed E-state index contributed by atoms with van der Waals surface area (Å²) in [7, 11) is 3.98. The predicted molar refractivity (Wildman–Crippen MR) is 109 cm³/mol. The highest BCUT2D eigenvalue weighted by atomic mass is 16.5. The van der Waals surface area contributed by atoms with Crippen LogP contribution in [0.2, 0.25) is 0 Å². The highest BCUT2D eigenvalue weighted by Gasteiger charge is 2.06. The maximum atomic E-state index is 12.0. The van der Waals surface area contributed by atoms with Gasteiger partial charge in [0.2, 0.25) is 5.91 Å². The number of hydrogen-bond donors (Lipinski definition) is 1. The van der Waals surface area contributed by atoms with E-state index in [1.54, 1.807) is 0 Å². The molecule has 2 rings (SSSR count). The first-order valence-corrected chi connectivity index (χ1v) is 9.17. The molecule has 0 bridgehead atoms. The number of rotatable bonds is 8. The van der Waals surface area contributed by atoms with Crippen molar-refractivity contribution in [2.24, 2.45) is 0 Å². The van der Waals surface area contributed by atoms with Crippen LogP contribution in [-0.4, -0.2) is 26.6 Å². The van der Waals surface area contributed by atoms with Gasteiger partial charge in [0.05, 0.1) is 6.61 Å². The number of aryl methyl sites for hydroxylation is 1. The number of nitrogens with one attached hydrogen (secondary N) is 1. The average Bonchev–Trinajstić information content (AvgIpc) is 2.59. The van der Waals surface area contributed by atoms with Crippen molar-refractivity contribution in [2.75, 3.05) is 30.9 Å². The molecule has 140 valence electrons. The Balaban J connectivity index is 1.74. The lowest BCUT2D eigenvalue weighted by Gasteiger charge is -2.13. The molecule has 0 atom stereocenters. The molecule has 0 saturated carbocycles. The van der Waals surface area contributed by atoms with E-state index in [1.165, 1.54) is 11.1 Å². The highest BCUT2D eigenvalue weighted by molar-refractivity contribution is 5.90. The fourth-order valence-corrected chi connectivity index (χ4v) is 2.87. The Kier molecular flexibility index (Phi) is 7.07. The molecule has 0 aliphatic heterocycles. The van der Waals surface area contributed by atoms with Gasteiger partial charge in [-0.25, -0.2) is 0 Å². The third-order valence-corrected chi connectivity index (χ3v) is 4.35. The van der Waals surface area contributed by atoms with Crippen LogP contribution in [0.15, 0.2) is 42.5 Å². The lowest BCUT2D eigenvalue weighted by atomic mass is 9.98. The van der Waals surface area contributed by atoms with Gasteiger partial charge in [-0.1, -0.05) is 19.9 Å². The van der Waals surface area contributed by atoms with E-state index in [-0.39, 0.29) is 5.91 Å². The minimum atomic E-state index is 0.0116. The zero-order chi connectivity index (χ0) is 19.1. The van der Waals surface area contributed by atoms with E-state index in [0.717, 1.165) is 17.1 Å². The minimum absolute atomic E-state index is 0.0116. The van der Waals surface area contributed by atoms with Crippen molar-refractivity contribution in [2.45, 2.75) is 39.5 Å². The Morgan fingerprint density at radius 2 is 1.81 bits per heavy atom. The zero-order valence-electron chi connectivity index (χ0n) is 16.5. The molecule has 2 aromatic carbocycles. The molecule has 0 fully saturated rings. The molecule has 0 unspecified atom stereocenters. The van der Waals surface area contributed by atoms with Gasteiger partial charge in [0.1, 0.15) is 5.75 Å². The van der Waals surface area contributed by atoms with E-state index in [1.807, 2.05) is 49.3 Å². The van der Waals surface area contributed by atoms with Crippen LogP contribution in [0.3, 0.4) is 0 Å². The predicted octanol–water partition coefficient (Wildman–Crippen LogP) is 4.98. The van der Waals surface area contributed by atoms with Gasteiger partial charge in [-0.15, -0.1) is 0 Å². The summed E-state index contributed by atoms with van der Waals surface area (Å²) in [6.07, 6.45) is 1.13. The molecule has 0 aliphatic rings. The maximum Gasteiger partial charge on any atom is 0.224 e. The quantitative estimate of drug-likeness (QED) is 0.680. The summed E-state index contributed by atoms with van der Waals surface area (Å²) in [5.74, 6) is 1.39. The highest BCUT2D eigenvalue weighted by Crippen LogP contribution is 2.23. The summed E-state index contributed by atoms with van der Waals surface area (Å²) in [6.45, 7) is 7.02. The molecule has 0 aromatic heterocycles. The summed E-state index contributed by atoms with van der Waals surface area (Å²) in [5, 5.41) is 2.92. The smallest absolute Gasteiger partial charge is 0.224 e. The van der Waals surface area contributed by atoms with Gasteiger partial charge >= 0.3 is 0 Å². The molecule has 2 aromatic rings. The number of anilines is 2. The Bertz CT molecular complexity index is 721. The molecular formula is C22H30N2O2. The van der Waals surface area contributed by atoms with E-state index in [9.17, 15) is 4.79 Å². The molecule has 0 radical (unpaired) electrons. The van der Waals surface area contributed by atoms with Crippen molar-refractivity contribution in [3.8, 4) is 5.75 Å². The van der Waals surface area contributed by atoms with Gasteiger partial charge in [-0.05, 0) is 66.8 Å². The number of amides is 1. The minimum Gasteiger partial charge on any atom is -0.494 e. The topological polar surface area (TPSA) is 41.6 Å². The Morgan fingerprint density at radius 3 is 2.38 bits per heavy atom. The van der Waals surface area contributed by atoms with Gasteiger partial charge in [0.25, 0.3) is 0 Å². The van der Waals surface area contributed by atoms with Gasteiger partial charge < -0.3 is 15.0 Å². The molecule has 1 N–H and O–H groups in total. The van der Waals surface area contributed by atoms with Gasteiger partial charge in [0, 0.05) is 31.9 Å². The van der Waals surface area contributed by atoms with Crippen molar-refractivity contribution in [3.63, 3.8) is 0 Å². The standard InChI is InChI=1S/C22H30N2O2/c1-16(2)21-13-12-20(15-17(21)3)26-14-6-7-22(25)23-18-8-10-19(11-9-18)24(4)5/h8-13,15-16H,6-7,14H2,1-5H3,(H,23,25). The van der Waals surface area contributed by atoms with Crippen LogP contribution in [0.5, 0.6) is 5.75 Å². The van der Waals surface area contributed by atoms with Crippen LogP contribution in [0.4, 0.5) is 11.4 Å². The van der Waals surface area contributed by atoms with E-state index >= 15 is 0 Å². The fraction of sp³-hybridized carbons (Fsp3) is 0.409. The lowest BCUT2D eigenvalue weighted by Crippen LogP contribution is -2.13. The molecule has 4 nitrogen and oxygen atoms in total. The van der Waals surface area contributed by atoms with Crippen molar-refractivity contribution in [3.05, 3.63) is 53.6 Å². The normalized spacial score (nSPS) is 10.7. The lowest BCUT2D eigenvalue weighted by molar-refractivity contribution is -0.116. The first kappa shape index (κ1) is 19.8. The van der Waals surface area contributed by atoms with E-state index in [4.69, 9.17) is 4.74 Å². The molecule has 0 heterocycles. The van der Waals surface area contributed by atoms with Gasteiger partial charge in [-0.3, -0.25) is 4.79 Å². The molecule has 4 heteroatoms. The van der Waals surface area contributed by atoms with Crippen LogP contribution in [-0.2, 0) is 4.79 Å². The monoisotopic (exact) mass is 354 g/mol. The maximum absolute atomic E-state index is 12.0. The van der Waals surface area contributed by atoms with Crippen LogP contribution < -0.4 is 15.0 Å². The summed E-state index contributed by atoms with van der Waals surface area (Å²) < 4.78 is 5.78. The van der Waals surface area contributed by atoms with Gasteiger partial charge in [-0.2, -0.15) is 0 Å². The molecule has 0 spiro atoms. The second-order valence-corrected chi connectivity index (χ2v) is 7.11. The number of carbonyl (C=O) groups is 1. The fourth-order valence-electron chi connectivity index (χ4n) is 2.87. The Labute approximate surface area is 157 Å². The number of hydrogen-bond acceptors (Lipinski definition) is 3. The van der Waals surface area contributed by atoms with Crippen molar-refractivity contribution in [1.82, 2.24) is 0 Å². The molecule has 0 saturated heterocycles. The average molecular weight is 354 g/mol. The summed E-state index contributed by atoms with van der Waals surface area (Å²) in [4.78, 5) is 14.1. The SMILES string of the molecule is Cc1cc(OCCCC(=O)Nc2ccc(N(C)C)cc2)ccc1C(C)C. The summed E-state index contributed by atoms with van der Waals surface area (Å²) in [6, 6.07) is 14.0. The summed E-state index contributed by atoms with van der Waals surface area (Å²) >= 11 is 0. The first-order chi connectivity index (χ1) is 12.4. The van der Waals surface area contributed by atoms with Crippen LogP contribution in [0, 0.1) is 6.92 Å².